The van der Waals surface area contributed by atoms with Crippen molar-refractivity contribution in [2.75, 3.05) is 19.8 Å². The molecule has 0 bridgehead atoms. The fourth-order valence-electron chi connectivity index (χ4n) is 1.39. The second-order valence-corrected chi connectivity index (χ2v) is 4.34. The molecule has 1 aromatic rings. The monoisotopic (exact) mass is 271 g/mol. The van der Waals surface area contributed by atoms with E-state index >= 15 is 0 Å². The molecule has 1 aromatic carbocycles. The molecular formula is C12H18BrNO. The zero-order valence-corrected chi connectivity index (χ0v) is 10.9. The van der Waals surface area contributed by atoms with Gasteiger partial charge in [-0.25, -0.2) is 0 Å². The normalized spacial score (nSPS) is 12.7. The summed E-state index contributed by atoms with van der Waals surface area (Å²) in [5.74, 6) is 0. The van der Waals surface area contributed by atoms with Crippen LogP contribution in [0.1, 0.15) is 25.5 Å². The lowest BCUT2D eigenvalue weighted by Crippen LogP contribution is -2.23. The largest absolute Gasteiger partial charge is 0.380 e. The third-order valence-corrected chi connectivity index (χ3v) is 2.74. The molecule has 0 saturated heterocycles. The van der Waals surface area contributed by atoms with Crippen LogP contribution < -0.4 is 5.32 Å². The molecule has 0 spiro atoms. The van der Waals surface area contributed by atoms with Gasteiger partial charge in [-0.05, 0) is 31.5 Å². The fourth-order valence-corrected chi connectivity index (χ4v) is 1.80. The Hall–Kier alpha value is -0.380. The summed E-state index contributed by atoms with van der Waals surface area (Å²) < 4.78 is 6.40. The van der Waals surface area contributed by atoms with Crippen molar-refractivity contribution in [3.63, 3.8) is 0 Å². The third-order valence-electron chi connectivity index (χ3n) is 2.25. The summed E-state index contributed by atoms with van der Waals surface area (Å²) in [4.78, 5) is 0. The van der Waals surface area contributed by atoms with Gasteiger partial charge in [-0.2, -0.15) is 0 Å². The predicted octanol–water partition coefficient (Wildman–Crippen LogP) is 3.14. The van der Waals surface area contributed by atoms with Crippen LogP contribution in [0.25, 0.3) is 0 Å². The van der Waals surface area contributed by atoms with Crippen LogP contribution in [0.2, 0.25) is 0 Å². The van der Waals surface area contributed by atoms with E-state index in [9.17, 15) is 0 Å². The highest BCUT2D eigenvalue weighted by Gasteiger charge is 2.03. The first kappa shape index (κ1) is 12.7. The standard InChI is InChI=1S/C12H18BrNO/c1-3-15-8-7-14-10(2)11-5-4-6-12(13)9-11/h4-6,9-10,14H,3,7-8H2,1-2H3. The number of hydrogen-bond acceptors (Lipinski definition) is 2. The molecule has 0 fully saturated rings. The Balaban J connectivity index is 2.36. The van der Waals surface area contributed by atoms with Crippen LogP contribution in [-0.2, 0) is 4.74 Å². The van der Waals surface area contributed by atoms with E-state index in [0.717, 1.165) is 24.2 Å². The van der Waals surface area contributed by atoms with Crippen LogP contribution in [0.3, 0.4) is 0 Å². The summed E-state index contributed by atoms with van der Waals surface area (Å²) >= 11 is 3.47. The summed E-state index contributed by atoms with van der Waals surface area (Å²) in [6.45, 7) is 6.62. The topological polar surface area (TPSA) is 21.3 Å². The molecule has 0 radical (unpaired) electrons. The Morgan fingerprint density at radius 1 is 1.47 bits per heavy atom. The molecule has 3 heteroatoms. The minimum atomic E-state index is 0.364. The van der Waals surface area contributed by atoms with Crippen molar-refractivity contribution < 1.29 is 4.74 Å². The Kier molecular flexibility index (Phi) is 5.91. The number of benzene rings is 1. The lowest BCUT2D eigenvalue weighted by Gasteiger charge is -2.14. The van der Waals surface area contributed by atoms with E-state index in [4.69, 9.17) is 4.74 Å². The van der Waals surface area contributed by atoms with Crippen LogP contribution in [0, 0.1) is 0 Å². The maximum atomic E-state index is 5.27. The van der Waals surface area contributed by atoms with Gasteiger partial charge in [0.1, 0.15) is 0 Å². The highest BCUT2D eigenvalue weighted by molar-refractivity contribution is 9.10. The Morgan fingerprint density at radius 2 is 2.27 bits per heavy atom. The van der Waals surface area contributed by atoms with E-state index in [1.54, 1.807) is 0 Å². The maximum absolute atomic E-state index is 5.27. The van der Waals surface area contributed by atoms with Gasteiger partial charge >= 0.3 is 0 Å². The number of ether oxygens (including phenoxy) is 1. The molecule has 0 aromatic heterocycles. The molecule has 0 aliphatic rings. The van der Waals surface area contributed by atoms with E-state index in [2.05, 4.69) is 46.4 Å². The predicted molar refractivity (Wildman–Crippen MR) is 67.1 cm³/mol. The molecular weight excluding hydrogens is 254 g/mol. The zero-order valence-electron chi connectivity index (χ0n) is 9.29. The van der Waals surface area contributed by atoms with Gasteiger partial charge in [0, 0.05) is 23.7 Å². The summed E-state index contributed by atoms with van der Waals surface area (Å²) in [6, 6.07) is 8.72. The number of hydrogen-bond donors (Lipinski definition) is 1. The molecule has 0 aliphatic carbocycles. The van der Waals surface area contributed by atoms with Gasteiger partial charge in [0.2, 0.25) is 0 Å². The Bertz CT molecular complexity index is 291. The van der Waals surface area contributed by atoms with Crippen LogP contribution in [0.15, 0.2) is 28.7 Å². The van der Waals surface area contributed by atoms with Gasteiger partial charge in [-0.1, -0.05) is 28.1 Å². The van der Waals surface area contributed by atoms with E-state index in [0.29, 0.717) is 6.04 Å². The molecule has 0 heterocycles. The molecule has 1 rings (SSSR count). The molecule has 15 heavy (non-hydrogen) atoms. The highest BCUT2D eigenvalue weighted by atomic mass is 79.9. The van der Waals surface area contributed by atoms with Crippen LogP contribution in [0.4, 0.5) is 0 Å². The first-order valence-corrected chi connectivity index (χ1v) is 6.10. The van der Waals surface area contributed by atoms with E-state index in [1.165, 1.54) is 5.56 Å². The molecule has 0 saturated carbocycles. The molecule has 84 valence electrons. The lowest BCUT2D eigenvalue weighted by atomic mass is 10.1. The van der Waals surface area contributed by atoms with Crippen molar-refractivity contribution in [1.82, 2.24) is 5.32 Å². The highest BCUT2D eigenvalue weighted by Crippen LogP contribution is 2.17. The van der Waals surface area contributed by atoms with Crippen molar-refractivity contribution in [2.24, 2.45) is 0 Å². The number of halogens is 1. The van der Waals surface area contributed by atoms with Gasteiger partial charge in [-0.15, -0.1) is 0 Å². The van der Waals surface area contributed by atoms with Crippen molar-refractivity contribution in [2.45, 2.75) is 19.9 Å². The molecule has 2 nitrogen and oxygen atoms in total. The first-order chi connectivity index (χ1) is 7.24. The van der Waals surface area contributed by atoms with Gasteiger partial charge in [0.25, 0.3) is 0 Å². The SMILES string of the molecule is CCOCCNC(C)c1cccc(Br)c1. The molecule has 1 unspecified atom stereocenters. The quantitative estimate of drug-likeness (QED) is 0.803. The van der Waals surface area contributed by atoms with Gasteiger partial charge in [-0.3, -0.25) is 0 Å². The van der Waals surface area contributed by atoms with E-state index in [1.807, 2.05) is 13.0 Å². The van der Waals surface area contributed by atoms with Crippen LogP contribution >= 0.6 is 15.9 Å². The van der Waals surface area contributed by atoms with Crippen molar-refractivity contribution >= 4 is 15.9 Å². The Labute approximate surface area is 100 Å². The summed E-state index contributed by atoms with van der Waals surface area (Å²) in [5, 5.41) is 3.42. The lowest BCUT2D eigenvalue weighted by molar-refractivity contribution is 0.147. The molecule has 0 aliphatic heterocycles. The van der Waals surface area contributed by atoms with Crippen molar-refractivity contribution in [1.29, 1.82) is 0 Å². The van der Waals surface area contributed by atoms with Gasteiger partial charge < -0.3 is 10.1 Å². The van der Waals surface area contributed by atoms with Gasteiger partial charge in [0.05, 0.1) is 6.61 Å². The van der Waals surface area contributed by atoms with Gasteiger partial charge in [0.15, 0.2) is 0 Å². The summed E-state index contributed by atoms with van der Waals surface area (Å²) in [7, 11) is 0. The smallest absolute Gasteiger partial charge is 0.0590 e. The maximum Gasteiger partial charge on any atom is 0.0590 e. The minimum Gasteiger partial charge on any atom is -0.380 e. The van der Waals surface area contributed by atoms with E-state index in [-0.39, 0.29) is 0 Å². The summed E-state index contributed by atoms with van der Waals surface area (Å²) in [5.41, 5.74) is 1.29. The van der Waals surface area contributed by atoms with Crippen molar-refractivity contribution in [3.05, 3.63) is 34.3 Å². The fraction of sp³-hybridized carbons (Fsp3) is 0.500. The molecule has 0 amide bonds. The number of nitrogens with one attached hydrogen (secondary N) is 1. The average Bonchev–Trinajstić information content (AvgIpc) is 2.24. The van der Waals surface area contributed by atoms with Crippen LogP contribution in [-0.4, -0.2) is 19.8 Å². The molecule has 1 atom stereocenters. The average molecular weight is 272 g/mol. The number of rotatable bonds is 6. The van der Waals surface area contributed by atoms with E-state index < -0.39 is 0 Å². The van der Waals surface area contributed by atoms with Crippen molar-refractivity contribution in [3.8, 4) is 0 Å². The minimum absolute atomic E-state index is 0.364. The van der Waals surface area contributed by atoms with Crippen LogP contribution in [0.5, 0.6) is 0 Å². The summed E-state index contributed by atoms with van der Waals surface area (Å²) in [6.07, 6.45) is 0. The first-order valence-electron chi connectivity index (χ1n) is 5.30. The zero-order chi connectivity index (χ0) is 11.1. The second-order valence-electron chi connectivity index (χ2n) is 3.43. The Morgan fingerprint density at radius 3 is 2.93 bits per heavy atom. The molecule has 1 N–H and O–H groups in total. The second kappa shape index (κ2) is 6.99. The third kappa shape index (κ3) is 4.78.